The second-order valence-electron chi connectivity index (χ2n) is 5.16. The van der Waals surface area contributed by atoms with Crippen LogP contribution in [0.3, 0.4) is 0 Å². The fourth-order valence-electron chi connectivity index (χ4n) is 2.14. The van der Waals surface area contributed by atoms with Gasteiger partial charge >= 0.3 is 0 Å². The van der Waals surface area contributed by atoms with Gasteiger partial charge in [-0.1, -0.05) is 6.07 Å². The van der Waals surface area contributed by atoms with Gasteiger partial charge in [-0.3, -0.25) is 9.59 Å². The monoisotopic (exact) mass is 306 g/mol. The quantitative estimate of drug-likeness (QED) is 0.910. The molecule has 2 N–H and O–H groups in total. The maximum absolute atomic E-state index is 13.6. The van der Waals surface area contributed by atoms with Crippen molar-refractivity contribution in [2.24, 2.45) is 0 Å². The minimum atomic E-state index is -0.658. The van der Waals surface area contributed by atoms with Gasteiger partial charge in [-0.15, -0.1) is 0 Å². The van der Waals surface area contributed by atoms with Gasteiger partial charge in [0.2, 0.25) is 0 Å². The zero-order chi connectivity index (χ0) is 16.3. The number of aromatic amines is 1. The van der Waals surface area contributed by atoms with Crippen LogP contribution in [0.2, 0.25) is 0 Å². The maximum atomic E-state index is 13.6. The van der Waals surface area contributed by atoms with E-state index in [4.69, 9.17) is 0 Å². The Morgan fingerprint density at radius 3 is 2.45 bits per heavy atom. The third-order valence-corrected chi connectivity index (χ3v) is 3.25. The van der Waals surface area contributed by atoms with Gasteiger partial charge in [0.1, 0.15) is 17.2 Å². The zero-order valence-corrected chi connectivity index (χ0v) is 12.2. The summed E-state index contributed by atoms with van der Waals surface area (Å²) in [5.41, 5.74) is 0.0179. The lowest BCUT2D eigenvalue weighted by molar-refractivity contribution is 0.0938. The second kappa shape index (κ2) is 6.51. The van der Waals surface area contributed by atoms with E-state index in [1.54, 1.807) is 19.9 Å². The molecule has 0 spiro atoms. The Balaban J connectivity index is 2.10. The van der Waals surface area contributed by atoms with E-state index in [1.165, 1.54) is 12.1 Å². The average molecular weight is 306 g/mol. The van der Waals surface area contributed by atoms with Crippen LogP contribution in [0.15, 0.2) is 35.1 Å². The van der Waals surface area contributed by atoms with Crippen LogP contribution in [0.1, 0.15) is 28.5 Å². The lowest BCUT2D eigenvalue weighted by atomic mass is 10.1. The number of pyridine rings is 1. The van der Waals surface area contributed by atoms with Crippen molar-refractivity contribution in [1.29, 1.82) is 0 Å². The number of H-pyrrole nitrogens is 1. The molecule has 1 aromatic heterocycles. The molecular formula is C16H16F2N2O2. The first-order chi connectivity index (χ1) is 10.4. The number of carbonyl (C=O) groups is 1. The molecule has 0 unspecified atom stereocenters. The van der Waals surface area contributed by atoms with E-state index in [0.29, 0.717) is 5.69 Å². The molecule has 0 aliphatic heterocycles. The highest BCUT2D eigenvalue weighted by Gasteiger charge is 2.16. The molecule has 0 radical (unpaired) electrons. The molecule has 116 valence electrons. The summed E-state index contributed by atoms with van der Waals surface area (Å²) in [6, 6.07) is 6.11. The summed E-state index contributed by atoms with van der Waals surface area (Å²) >= 11 is 0. The Kier molecular flexibility index (Phi) is 4.70. The van der Waals surface area contributed by atoms with Crippen LogP contribution in [0, 0.1) is 18.6 Å². The topological polar surface area (TPSA) is 62.0 Å². The molecule has 1 amide bonds. The Morgan fingerprint density at radius 1 is 1.23 bits per heavy atom. The van der Waals surface area contributed by atoms with Crippen LogP contribution in [0.4, 0.5) is 8.78 Å². The van der Waals surface area contributed by atoms with Gasteiger partial charge in [-0.2, -0.15) is 0 Å². The third kappa shape index (κ3) is 3.58. The lowest BCUT2D eigenvalue weighted by Gasteiger charge is -2.14. The van der Waals surface area contributed by atoms with E-state index in [0.717, 1.165) is 12.1 Å². The number of aryl methyl sites for hydroxylation is 1. The Bertz CT molecular complexity index is 736. The molecular weight excluding hydrogens is 290 g/mol. The van der Waals surface area contributed by atoms with Gasteiger partial charge in [0.25, 0.3) is 11.5 Å². The highest BCUT2D eigenvalue weighted by Crippen LogP contribution is 2.14. The number of halogens is 2. The van der Waals surface area contributed by atoms with Crippen molar-refractivity contribution >= 4 is 5.91 Å². The van der Waals surface area contributed by atoms with E-state index >= 15 is 0 Å². The predicted molar refractivity (Wildman–Crippen MR) is 78.8 cm³/mol. The molecule has 0 saturated carbocycles. The molecule has 4 nitrogen and oxygen atoms in total. The highest BCUT2D eigenvalue weighted by molar-refractivity contribution is 5.93. The molecule has 6 heteroatoms. The van der Waals surface area contributed by atoms with Crippen molar-refractivity contribution in [3.05, 3.63) is 69.1 Å². The van der Waals surface area contributed by atoms with Crippen molar-refractivity contribution < 1.29 is 13.6 Å². The SMILES string of the molecule is Cc1ccc(C(=O)N[C@H](C)Cc2c(F)cccc2F)c(=O)[nH]1. The van der Waals surface area contributed by atoms with E-state index in [2.05, 4.69) is 10.3 Å². The van der Waals surface area contributed by atoms with E-state index < -0.39 is 29.1 Å². The maximum Gasteiger partial charge on any atom is 0.260 e. The molecule has 0 bridgehead atoms. The van der Waals surface area contributed by atoms with Crippen molar-refractivity contribution in [3.63, 3.8) is 0 Å². The van der Waals surface area contributed by atoms with Gasteiger partial charge in [0.05, 0.1) is 0 Å². The number of hydrogen-bond donors (Lipinski definition) is 2. The number of hydrogen-bond acceptors (Lipinski definition) is 2. The Morgan fingerprint density at radius 2 is 1.86 bits per heavy atom. The molecule has 2 rings (SSSR count). The van der Waals surface area contributed by atoms with Crippen LogP contribution in [0.25, 0.3) is 0 Å². The minimum absolute atomic E-state index is 0.00594. The first kappa shape index (κ1) is 15.9. The molecule has 1 atom stereocenters. The van der Waals surface area contributed by atoms with Gasteiger partial charge in [0.15, 0.2) is 0 Å². The molecule has 0 fully saturated rings. The highest BCUT2D eigenvalue weighted by atomic mass is 19.1. The number of benzene rings is 1. The molecule has 2 aromatic rings. The van der Waals surface area contributed by atoms with Crippen molar-refractivity contribution in [3.8, 4) is 0 Å². The summed E-state index contributed by atoms with van der Waals surface area (Å²) in [5.74, 6) is -1.89. The van der Waals surface area contributed by atoms with Crippen LogP contribution < -0.4 is 10.9 Å². The van der Waals surface area contributed by atoms with Crippen LogP contribution in [-0.2, 0) is 6.42 Å². The zero-order valence-electron chi connectivity index (χ0n) is 12.2. The molecule has 0 aliphatic carbocycles. The lowest BCUT2D eigenvalue weighted by Crippen LogP contribution is -2.37. The largest absolute Gasteiger partial charge is 0.349 e. The Hall–Kier alpha value is -2.50. The van der Waals surface area contributed by atoms with Gasteiger partial charge < -0.3 is 10.3 Å². The van der Waals surface area contributed by atoms with Crippen LogP contribution >= 0.6 is 0 Å². The van der Waals surface area contributed by atoms with Gasteiger partial charge in [-0.25, -0.2) is 8.78 Å². The number of amides is 1. The van der Waals surface area contributed by atoms with Crippen LogP contribution in [0.5, 0.6) is 0 Å². The number of aromatic nitrogens is 1. The molecule has 22 heavy (non-hydrogen) atoms. The summed E-state index contributed by atoms with van der Waals surface area (Å²) in [5, 5.41) is 2.57. The summed E-state index contributed by atoms with van der Waals surface area (Å²) in [6.45, 7) is 3.32. The third-order valence-electron chi connectivity index (χ3n) is 3.25. The summed E-state index contributed by atoms with van der Waals surface area (Å²) in [6.07, 6.45) is -0.00594. The van der Waals surface area contributed by atoms with Crippen molar-refractivity contribution in [1.82, 2.24) is 10.3 Å². The van der Waals surface area contributed by atoms with E-state index in [-0.39, 0.29) is 17.5 Å². The number of rotatable bonds is 4. The van der Waals surface area contributed by atoms with Crippen LogP contribution in [-0.4, -0.2) is 16.9 Å². The van der Waals surface area contributed by atoms with E-state index in [1.807, 2.05) is 0 Å². The minimum Gasteiger partial charge on any atom is -0.349 e. The summed E-state index contributed by atoms with van der Waals surface area (Å²) in [4.78, 5) is 26.2. The Labute approximate surface area is 126 Å². The fraction of sp³-hybridized carbons (Fsp3) is 0.250. The fourth-order valence-corrected chi connectivity index (χ4v) is 2.14. The average Bonchev–Trinajstić information content (AvgIpc) is 2.42. The first-order valence-electron chi connectivity index (χ1n) is 6.82. The molecule has 1 aromatic carbocycles. The predicted octanol–water partition coefficient (Wildman–Crippen LogP) is 2.32. The summed E-state index contributed by atoms with van der Waals surface area (Å²) in [7, 11) is 0. The van der Waals surface area contributed by atoms with Crippen molar-refractivity contribution in [2.45, 2.75) is 26.3 Å². The normalized spacial score (nSPS) is 12.0. The molecule has 1 heterocycles. The second-order valence-corrected chi connectivity index (χ2v) is 5.16. The first-order valence-corrected chi connectivity index (χ1v) is 6.82. The number of carbonyl (C=O) groups excluding carboxylic acids is 1. The van der Waals surface area contributed by atoms with Crippen molar-refractivity contribution in [2.75, 3.05) is 0 Å². The number of nitrogens with one attached hydrogen (secondary N) is 2. The summed E-state index contributed by atoms with van der Waals surface area (Å²) < 4.78 is 27.1. The van der Waals surface area contributed by atoms with Gasteiger partial charge in [-0.05, 0) is 44.5 Å². The standard InChI is InChI=1S/C16H16F2N2O2/c1-9-6-7-11(15(21)19-9)16(22)20-10(2)8-12-13(17)4-3-5-14(12)18/h3-7,10H,8H2,1-2H3,(H,19,21)(H,20,22)/t10-/m1/s1. The smallest absolute Gasteiger partial charge is 0.260 e. The molecule has 0 aliphatic rings. The molecule has 0 saturated heterocycles. The van der Waals surface area contributed by atoms with E-state index in [9.17, 15) is 18.4 Å². The van der Waals surface area contributed by atoms with Gasteiger partial charge in [0, 0.05) is 17.3 Å².